The van der Waals surface area contributed by atoms with Crippen LogP contribution in [0.4, 0.5) is 5.82 Å². The average molecular weight is 268 g/mol. The number of rotatable bonds is 5. The lowest BCUT2D eigenvalue weighted by Gasteiger charge is -2.26. The van der Waals surface area contributed by atoms with E-state index in [1.165, 1.54) is 0 Å². The van der Waals surface area contributed by atoms with Crippen molar-refractivity contribution in [3.63, 3.8) is 0 Å². The number of methoxy groups -OCH3 is 1. The lowest BCUT2D eigenvalue weighted by atomic mass is 10.1. The predicted molar refractivity (Wildman–Crippen MR) is 76.6 cm³/mol. The molecule has 0 saturated carbocycles. The number of ether oxygens (including phenoxy) is 1. The first kappa shape index (κ1) is 15.7. The van der Waals surface area contributed by atoms with Gasteiger partial charge in [-0.25, -0.2) is 4.98 Å². The average Bonchev–Trinajstić information content (AvgIpc) is 2.27. The van der Waals surface area contributed by atoms with Gasteiger partial charge in [-0.15, -0.1) is 0 Å². The molecule has 1 aromatic rings. The summed E-state index contributed by atoms with van der Waals surface area (Å²) < 4.78 is 6.67. The second kappa shape index (κ2) is 6.16. The van der Waals surface area contributed by atoms with E-state index in [-0.39, 0.29) is 17.1 Å². The summed E-state index contributed by atoms with van der Waals surface area (Å²) in [6.07, 6.45) is 3.34. The number of hydrogen-bond acceptors (Lipinski definition) is 5. The van der Waals surface area contributed by atoms with Crippen molar-refractivity contribution in [1.82, 2.24) is 9.55 Å². The van der Waals surface area contributed by atoms with Crippen molar-refractivity contribution in [3.05, 3.63) is 22.7 Å². The fraction of sp³-hybridized carbons (Fsp3) is 0.692. The van der Waals surface area contributed by atoms with E-state index in [0.29, 0.717) is 19.0 Å². The predicted octanol–water partition coefficient (Wildman–Crippen LogP) is 0.408. The van der Waals surface area contributed by atoms with Crippen LogP contribution >= 0.6 is 0 Å². The quantitative estimate of drug-likeness (QED) is 0.837. The van der Waals surface area contributed by atoms with Gasteiger partial charge in [-0.2, -0.15) is 0 Å². The van der Waals surface area contributed by atoms with Crippen LogP contribution in [0.3, 0.4) is 0 Å². The molecule has 1 heterocycles. The molecule has 0 amide bonds. The zero-order chi connectivity index (χ0) is 14.6. The maximum atomic E-state index is 12.4. The molecule has 0 spiro atoms. The van der Waals surface area contributed by atoms with Crippen molar-refractivity contribution in [2.75, 3.05) is 32.2 Å². The van der Waals surface area contributed by atoms with Gasteiger partial charge in [0, 0.05) is 44.7 Å². The minimum atomic E-state index is -0.274. The third kappa shape index (κ3) is 4.04. The van der Waals surface area contributed by atoms with Gasteiger partial charge < -0.3 is 19.9 Å². The summed E-state index contributed by atoms with van der Waals surface area (Å²) in [4.78, 5) is 18.3. The zero-order valence-electron chi connectivity index (χ0n) is 12.4. The van der Waals surface area contributed by atoms with Gasteiger partial charge in [0.05, 0.1) is 6.61 Å². The second-order valence-electron chi connectivity index (χ2n) is 5.69. The standard InChI is InChI=1S/C13H24N4O2/c1-13(2,3)17-7-6-15-11(12(17)18)16(4)8-10(14)9-19-5/h6-7,10H,8-9,14H2,1-5H3. The van der Waals surface area contributed by atoms with Gasteiger partial charge in [-0.1, -0.05) is 0 Å². The maximum Gasteiger partial charge on any atom is 0.293 e. The van der Waals surface area contributed by atoms with Crippen molar-refractivity contribution in [1.29, 1.82) is 0 Å². The Balaban J connectivity index is 2.99. The Hall–Kier alpha value is -1.40. The van der Waals surface area contributed by atoms with Crippen molar-refractivity contribution >= 4 is 5.82 Å². The van der Waals surface area contributed by atoms with Crippen LogP contribution in [0.1, 0.15) is 20.8 Å². The molecule has 1 aromatic heterocycles. The molecule has 0 aromatic carbocycles. The maximum absolute atomic E-state index is 12.4. The van der Waals surface area contributed by atoms with Gasteiger partial charge in [-0.05, 0) is 20.8 Å². The Morgan fingerprint density at radius 1 is 1.53 bits per heavy atom. The Bertz CT molecular complexity index is 464. The zero-order valence-corrected chi connectivity index (χ0v) is 12.4. The number of nitrogens with two attached hydrogens (primary N) is 1. The number of aromatic nitrogens is 2. The summed E-state index contributed by atoms with van der Waals surface area (Å²) in [6, 6.07) is -0.153. The first-order chi connectivity index (χ1) is 8.77. The molecule has 108 valence electrons. The van der Waals surface area contributed by atoms with Crippen LogP contribution in [0.2, 0.25) is 0 Å². The third-order valence-electron chi connectivity index (χ3n) is 2.80. The SMILES string of the molecule is COCC(N)CN(C)c1nccn(C(C)(C)C)c1=O. The lowest BCUT2D eigenvalue weighted by Crippen LogP contribution is -2.43. The van der Waals surface area contributed by atoms with E-state index < -0.39 is 0 Å². The summed E-state index contributed by atoms with van der Waals surface area (Å²) in [5.41, 5.74) is 5.51. The van der Waals surface area contributed by atoms with Crippen LogP contribution in [0.25, 0.3) is 0 Å². The highest BCUT2D eigenvalue weighted by molar-refractivity contribution is 5.34. The molecule has 1 rings (SSSR count). The minimum Gasteiger partial charge on any atom is -0.383 e. The first-order valence-corrected chi connectivity index (χ1v) is 6.31. The fourth-order valence-electron chi connectivity index (χ4n) is 1.90. The molecule has 0 aliphatic heterocycles. The molecule has 19 heavy (non-hydrogen) atoms. The topological polar surface area (TPSA) is 73.4 Å². The Labute approximate surface area is 114 Å². The van der Waals surface area contributed by atoms with Crippen LogP contribution < -0.4 is 16.2 Å². The Morgan fingerprint density at radius 2 is 2.16 bits per heavy atom. The summed E-state index contributed by atoms with van der Waals surface area (Å²) in [6.45, 7) is 6.91. The van der Waals surface area contributed by atoms with E-state index in [2.05, 4.69) is 4.98 Å². The van der Waals surface area contributed by atoms with Crippen LogP contribution in [0, 0.1) is 0 Å². The van der Waals surface area contributed by atoms with E-state index in [1.54, 1.807) is 29.0 Å². The molecule has 0 bridgehead atoms. The van der Waals surface area contributed by atoms with Gasteiger partial charge in [0.25, 0.3) is 5.56 Å². The molecule has 0 saturated heterocycles. The highest BCUT2D eigenvalue weighted by Crippen LogP contribution is 2.11. The summed E-state index contributed by atoms with van der Waals surface area (Å²) in [5.74, 6) is 0.406. The summed E-state index contributed by atoms with van der Waals surface area (Å²) >= 11 is 0. The number of anilines is 1. The normalized spacial score (nSPS) is 13.4. The number of hydrogen-bond donors (Lipinski definition) is 1. The Kier molecular flexibility index (Phi) is 5.08. The van der Waals surface area contributed by atoms with Gasteiger partial charge in [0.15, 0.2) is 5.82 Å². The molecule has 0 radical (unpaired) electrons. The van der Waals surface area contributed by atoms with E-state index >= 15 is 0 Å². The fourth-order valence-corrected chi connectivity index (χ4v) is 1.90. The Morgan fingerprint density at radius 3 is 2.68 bits per heavy atom. The molecular weight excluding hydrogens is 244 g/mol. The highest BCUT2D eigenvalue weighted by Gasteiger charge is 2.19. The number of nitrogens with zero attached hydrogens (tertiary/aromatic N) is 3. The van der Waals surface area contributed by atoms with Gasteiger partial charge >= 0.3 is 0 Å². The van der Waals surface area contributed by atoms with Gasteiger partial charge in [0.1, 0.15) is 0 Å². The minimum absolute atomic E-state index is 0.109. The molecule has 1 atom stereocenters. The van der Waals surface area contributed by atoms with E-state index in [4.69, 9.17) is 10.5 Å². The largest absolute Gasteiger partial charge is 0.383 e. The smallest absolute Gasteiger partial charge is 0.293 e. The second-order valence-corrected chi connectivity index (χ2v) is 5.69. The van der Waals surface area contributed by atoms with Gasteiger partial charge in [-0.3, -0.25) is 4.79 Å². The van der Waals surface area contributed by atoms with E-state index in [9.17, 15) is 4.79 Å². The summed E-state index contributed by atoms with van der Waals surface area (Å²) in [5, 5.41) is 0. The number of likely N-dealkylation sites (N-methyl/N-ethyl adjacent to an activating group) is 1. The molecule has 1 unspecified atom stereocenters. The molecule has 2 N–H and O–H groups in total. The molecular formula is C13H24N4O2. The molecule has 0 aliphatic rings. The van der Waals surface area contributed by atoms with Crippen molar-refractivity contribution in [2.45, 2.75) is 32.4 Å². The molecule has 0 fully saturated rings. The third-order valence-corrected chi connectivity index (χ3v) is 2.80. The van der Waals surface area contributed by atoms with Crippen LogP contribution in [0.5, 0.6) is 0 Å². The van der Waals surface area contributed by atoms with Crippen molar-refractivity contribution < 1.29 is 4.74 Å². The van der Waals surface area contributed by atoms with Crippen LogP contribution in [-0.2, 0) is 10.3 Å². The van der Waals surface area contributed by atoms with Crippen molar-refractivity contribution in [3.8, 4) is 0 Å². The van der Waals surface area contributed by atoms with E-state index in [0.717, 1.165) is 0 Å². The highest BCUT2D eigenvalue weighted by atomic mass is 16.5. The first-order valence-electron chi connectivity index (χ1n) is 6.31. The molecule has 6 nitrogen and oxygen atoms in total. The van der Waals surface area contributed by atoms with Crippen molar-refractivity contribution in [2.24, 2.45) is 5.73 Å². The summed E-state index contributed by atoms with van der Waals surface area (Å²) in [7, 11) is 3.42. The monoisotopic (exact) mass is 268 g/mol. The van der Waals surface area contributed by atoms with Crippen LogP contribution in [-0.4, -0.2) is 42.9 Å². The van der Waals surface area contributed by atoms with Gasteiger partial charge in [0.2, 0.25) is 0 Å². The van der Waals surface area contributed by atoms with Crippen LogP contribution in [0.15, 0.2) is 17.2 Å². The molecule has 6 heteroatoms. The molecule has 0 aliphatic carbocycles. The van der Waals surface area contributed by atoms with E-state index in [1.807, 2.05) is 27.8 Å². The lowest BCUT2D eigenvalue weighted by molar-refractivity contribution is 0.181.